The summed E-state index contributed by atoms with van der Waals surface area (Å²) in [6.45, 7) is 5.95. The van der Waals surface area contributed by atoms with Crippen LogP contribution >= 0.6 is 0 Å². The molecule has 0 saturated heterocycles. The van der Waals surface area contributed by atoms with E-state index >= 15 is 0 Å². The smallest absolute Gasteiger partial charge is 0.284 e. The van der Waals surface area contributed by atoms with Gasteiger partial charge in [0.1, 0.15) is 18.3 Å². The van der Waals surface area contributed by atoms with E-state index in [2.05, 4.69) is 16.0 Å². The highest BCUT2D eigenvalue weighted by Gasteiger charge is 2.26. The number of non-ortho nitro benzene ring substituents is 1. The average Bonchev–Trinajstić information content (AvgIpc) is 2.96. The number of anilines is 1. The van der Waals surface area contributed by atoms with Crippen LogP contribution in [0.15, 0.2) is 41.3 Å². The van der Waals surface area contributed by atoms with Crippen molar-refractivity contribution in [1.82, 2.24) is 15.2 Å². The lowest BCUT2D eigenvalue weighted by Crippen LogP contribution is -2.45. The normalized spacial score (nSPS) is 11.4. The molecule has 0 radical (unpaired) electrons. The largest absolute Gasteiger partial charge is 0.363 e. The van der Waals surface area contributed by atoms with Crippen molar-refractivity contribution >= 4 is 40.8 Å². The van der Waals surface area contributed by atoms with E-state index in [9.17, 15) is 38.9 Å². The number of rotatable bonds is 16. The molecule has 226 valence electrons. The van der Waals surface area contributed by atoms with Crippen molar-refractivity contribution < 1.29 is 28.9 Å². The van der Waals surface area contributed by atoms with Crippen LogP contribution in [0.25, 0.3) is 0 Å². The van der Waals surface area contributed by atoms with Gasteiger partial charge in [0.15, 0.2) is 0 Å². The van der Waals surface area contributed by atoms with Gasteiger partial charge in [-0.1, -0.05) is 39.7 Å². The molecule has 14 nitrogen and oxygen atoms in total. The third kappa shape index (κ3) is 9.35. The number of nitrogens with one attached hydrogen (secondary N) is 3. The molecule has 0 aliphatic carbocycles. The van der Waals surface area contributed by atoms with E-state index in [0.29, 0.717) is 24.4 Å². The summed E-state index contributed by atoms with van der Waals surface area (Å²) in [4.78, 5) is 85.4. The fraction of sp³-hybridized carbons (Fsp3) is 0.429. The molecule has 4 amide bonds. The van der Waals surface area contributed by atoms with Gasteiger partial charge in [-0.05, 0) is 36.5 Å². The lowest BCUT2D eigenvalue weighted by atomic mass is 10.0. The molecule has 0 bridgehead atoms. The van der Waals surface area contributed by atoms with Gasteiger partial charge in [0.25, 0.3) is 23.1 Å². The topological polar surface area (TPSA) is 213 Å². The second kappa shape index (κ2) is 15.8. The Morgan fingerprint density at radius 1 is 1.07 bits per heavy atom. The number of hydrogen-bond donors (Lipinski definition) is 4. The zero-order chi connectivity index (χ0) is 31.4. The van der Waals surface area contributed by atoms with Gasteiger partial charge < -0.3 is 26.3 Å². The number of carbonyl (C=O) groups is 5. The predicted octanol–water partition coefficient (Wildman–Crippen LogP) is 1.44. The minimum absolute atomic E-state index is 0.0489. The summed E-state index contributed by atoms with van der Waals surface area (Å²) in [6, 6.07) is 5.07. The number of carbonyl (C=O) groups excluding carboxylic acids is 5. The summed E-state index contributed by atoms with van der Waals surface area (Å²) < 4.78 is 1.11. The molecule has 14 heteroatoms. The highest BCUT2D eigenvalue weighted by Crippen LogP contribution is 2.19. The number of benzene rings is 1. The van der Waals surface area contributed by atoms with Crippen LogP contribution in [0.4, 0.5) is 11.4 Å². The number of aryl methyl sites for hydroxylation is 1. The van der Waals surface area contributed by atoms with Crippen molar-refractivity contribution in [3.8, 4) is 0 Å². The molecule has 1 aromatic carbocycles. The first-order chi connectivity index (χ1) is 19.9. The second-order valence-electron chi connectivity index (χ2n) is 9.64. The summed E-state index contributed by atoms with van der Waals surface area (Å²) in [5, 5.41) is 18.9. The Morgan fingerprint density at radius 2 is 1.76 bits per heavy atom. The maximum absolute atomic E-state index is 13.2. The van der Waals surface area contributed by atoms with Crippen LogP contribution in [0.3, 0.4) is 0 Å². The van der Waals surface area contributed by atoms with Crippen molar-refractivity contribution in [1.29, 1.82) is 0 Å². The monoisotopic (exact) mass is 584 g/mol. The van der Waals surface area contributed by atoms with Crippen LogP contribution in [0.5, 0.6) is 0 Å². The molecule has 0 saturated carbocycles. The molecular weight excluding hydrogens is 548 g/mol. The van der Waals surface area contributed by atoms with E-state index in [1.165, 1.54) is 30.5 Å². The zero-order valence-corrected chi connectivity index (χ0v) is 23.8. The molecule has 1 aromatic heterocycles. The third-order valence-electron chi connectivity index (χ3n) is 6.82. The standard InChI is InChI=1S/C28H36N6O8/c1-4-17(5-2)15-30-24(36)16-33-13-7-8-22(28(33)40)32-27(39)21(11-12-23(35)25(29)37)31-26(38)20-14-19(34(41)42)10-9-18(20)6-3/h7-10,13-14,17,21H,4-6,11-12,15-16H2,1-3H3,(H2,29,37)(H,30,36)(H,31,38)(H,32,39). The summed E-state index contributed by atoms with van der Waals surface area (Å²) in [6.07, 6.45) is 2.68. The zero-order valence-electron chi connectivity index (χ0n) is 23.8. The van der Waals surface area contributed by atoms with E-state index in [0.717, 1.165) is 23.5 Å². The number of hydrogen-bond acceptors (Lipinski definition) is 8. The maximum atomic E-state index is 13.2. The Balaban J connectivity index is 2.28. The van der Waals surface area contributed by atoms with Crippen LogP contribution < -0.4 is 27.2 Å². The lowest BCUT2D eigenvalue weighted by molar-refractivity contribution is -0.384. The number of primary amides is 1. The number of pyridine rings is 1. The molecule has 0 aliphatic heterocycles. The average molecular weight is 585 g/mol. The van der Waals surface area contributed by atoms with Gasteiger partial charge in [-0.15, -0.1) is 0 Å². The highest BCUT2D eigenvalue weighted by molar-refractivity contribution is 6.35. The molecule has 2 aromatic rings. The number of nitrogens with zero attached hydrogens (tertiary/aromatic N) is 2. The molecule has 0 fully saturated rings. The molecule has 1 unspecified atom stereocenters. The number of ketones is 1. The van der Waals surface area contributed by atoms with Gasteiger partial charge in [-0.25, -0.2) is 0 Å². The van der Waals surface area contributed by atoms with Crippen LogP contribution in [0.1, 0.15) is 62.4 Å². The fourth-order valence-corrected chi connectivity index (χ4v) is 4.12. The van der Waals surface area contributed by atoms with E-state index < -0.39 is 46.5 Å². The van der Waals surface area contributed by atoms with E-state index in [1.54, 1.807) is 6.92 Å². The highest BCUT2D eigenvalue weighted by atomic mass is 16.6. The summed E-state index contributed by atoms with van der Waals surface area (Å²) in [5.74, 6) is -4.00. The van der Waals surface area contributed by atoms with Crippen LogP contribution in [-0.2, 0) is 32.1 Å². The molecule has 0 aliphatic rings. The SMILES string of the molecule is CCc1ccc([N+](=O)[O-])cc1C(=O)NC(CCC(=O)C(N)=O)C(=O)Nc1cccn(CC(=O)NCC(CC)CC)c1=O. The molecule has 42 heavy (non-hydrogen) atoms. The first-order valence-corrected chi connectivity index (χ1v) is 13.6. The molecule has 0 spiro atoms. The van der Waals surface area contributed by atoms with Gasteiger partial charge in [0.2, 0.25) is 17.6 Å². The Morgan fingerprint density at radius 3 is 2.36 bits per heavy atom. The number of Topliss-reactive ketones (excluding diaryl/α,β-unsaturated/α-hetero) is 1. The van der Waals surface area contributed by atoms with Crippen molar-refractivity contribution in [2.45, 2.75) is 65.5 Å². The quantitative estimate of drug-likeness (QED) is 0.128. The Bertz CT molecular complexity index is 1400. The number of nitrogens with two attached hydrogens (primary N) is 1. The summed E-state index contributed by atoms with van der Waals surface area (Å²) in [5.41, 5.74) is 4.21. The Hall–Kier alpha value is -4.88. The van der Waals surface area contributed by atoms with Gasteiger partial charge in [-0.2, -0.15) is 0 Å². The second-order valence-corrected chi connectivity index (χ2v) is 9.64. The first-order valence-electron chi connectivity index (χ1n) is 13.6. The van der Waals surface area contributed by atoms with E-state index in [1.807, 2.05) is 13.8 Å². The number of amides is 4. The number of nitro groups is 1. The Kier molecular flexibility index (Phi) is 12.5. The van der Waals surface area contributed by atoms with Gasteiger partial charge in [0, 0.05) is 36.9 Å². The van der Waals surface area contributed by atoms with Gasteiger partial charge in [0.05, 0.1) is 4.92 Å². The fourth-order valence-electron chi connectivity index (χ4n) is 4.12. The van der Waals surface area contributed by atoms with Crippen LogP contribution in [0.2, 0.25) is 0 Å². The first kappa shape index (κ1) is 33.3. The number of nitro benzene ring substituents is 1. The predicted molar refractivity (Wildman–Crippen MR) is 154 cm³/mol. The van der Waals surface area contributed by atoms with Crippen molar-refractivity contribution in [3.63, 3.8) is 0 Å². The lowest BCUT2D eigenvalue weighted by Gasteiger charge is -2.19. The van der Waals surface area contributed by atoms with Crippen LogP contribution in [-0.4, -0.2) is 51.5 Å². The van der Waals surface area contributed by atoms with Gasteiger partial charge in [-0.3, -0.25) is 38.9 Å². The minimum atomic E-state index is -1.43. The molecular formula is C28H36N6O8. The number of aromatic nitrogens is 1. The minimum Gasteiger partial charge on any atom is -0.363 e. The Labute approximate surface area is 242 Å². The molecule has 1 heterocycles. The maximum Gasteiger partial charge on any atom is 0.284 e. The van der Waals surface area contributed by atoms with Crippen molar-refractivity contribution in [2.24, 2.45) is 11.7 Å². The molecule has 2 rings (SSSR count). The summed E-state index contributed by atoms with van der Waals surface area (Å²) in [7, 11) is 0. The third-order valence-corrected chi connectivity index (χ3v) is 6.82. The van der Waals surface area contributed by atoms with E-state index in [4.69, 9.17) is 5.73 Å². The van der Waals surface area contributed by atoms with Gasteiger partial charge >= 0.3 is 0 Å². The molecule has 1 atom stereocenters. The summed E-state index contributed by atoms with van der Waals surface area (Å²) >= 11 is 0. The van der Waals surface area contributed by atoms with E-state index in [-0.39, 0.29) is 35.8 Å². The van der Waals surface area contributed by atoms with Crippen molar-refractivity contribution in [2.75, 3.05) is 11.9 Å². The van der Waals surface area contributed by atoms with Crippen molar-refractivity contribution in [3.05, 3.63) is 68.1 Å². The van der Waals surface area contributed by atoms with Crippen LogP contribution in [0, 0.1) is 16.0 Å². The molecule has 5 N–H and O–H groups in total.